The Morgan fingerprint density at radius 1 is 0.909 bits per heavy atom. The van der Waals surface area contributed by atoms with E-state index in [9.17, 15) is 18.0 Å². The van der Waals surface area contributed by atoms with Crippen molar-refractivity contribution in [2.45, 2.75) is 37.8 Å². The number of nitrogens with one attached hydrogen (secondary N) is 1. The lowest BCUT2D eigenvalue weighted by atomic mass is 10.0. The van der Waals surface area contributed by atoms with Crippen LogP contribution >= 0.6 is 11.6 Å². The number of rotatable bonds is 13. The summed E-state index contributed by atoms with van der Waals surface area (Å²) in [6.45, 7) is 3.66. The number of aryl methyl sites for hydroxylation is 1. The van der Waals surface area contributed by atoms with Gasteiger partial charge in [-0.25, -0.2) is 8.42 Å². The number of sulfonamides is 1. The Morgan fingerprint density at radius 3 is 2.23 bits per heavy atom. The number of anilines is 1. The summed E-state index contributed by atoms with van der Waals surface area (Å²) in [5.74, 6) is -0.382. The van der Waals surface area contributed by atoms with Crippen LogP contribution < -0.4 is 14.4 Å². The van der Waals surface area contributed by atoms with Gasteiger partial charge in [-0.15, -0.1) is 0 Å². The van der Waals surface area contributed by atoms with Gasteiger partial charge in [-0.3, -0.25) is 13.9 Å². The number of benzene rings is 4. The van der Waals surface area contributed by atoms with E-state index < -0.39 is 28.5 Å². The maximum Gasteiger partial charge on any atom is 0.264 e. The predicted molar refractivity (Wildman–Crippen MR) is 173 cm³/mol. The van der Waals surface area contributed by atoms with Crippen LogP contribution in [0.1, 0.15) is 23.6 Å². The largest absolute Gasteiger partial charge is 0.497 e. The van der Waals surface area contributed by atoms with Crippen molar-refractivity contribution in [3.63, 3.8) is 0 Å². The van der Waals surface area contributed by atoms with Gasteiger partial charge in [0.15, 0.2) is 0 Å². The third-order valence-corrected chi connectivity index (χ3v) is 9.27. The zero-order chi connectivity index (χ0) is 31.7. The van der Waals surface area contributed by atoms with E-state index in [1.807, 2.05) is 68.4 Å². The third kappa shape index (κ3) is 7.98. The molecule has 10 heteroatoms. The molecule has 0 unspecified atom stereocenters. The zero-order valence-electron chi connectivity index (χ0n) is 24.9. The second-order valence-corrected chi connectivity index (χ2v) is 12.5. The van der Waals surface area contributed by atoms with E-state index in [1.54, 1.807) is 30.3 Å². The van der Waals surface area contributed by atoms with Gasteiger partial charge in [0, 0.05) is 24.5 Å². The van der Waals surface area contributed by atoms with Crippen molar-refractivity contribution in [2.24, 2.45) is 0 Å². The summed E-state index contributed by atoms with van der Waals surface area (Å²) >= 11 is 6.28. The van der Waals surface area contributed by atoms with Crippen molar-refractivity contribution in [1.29, 1.82) is 0 Å². The van der Waals surface area contributed by atoms with E-state index in [-0.39, 0.29) is 29.5 Å². The highest BCUT2D eigenvalue weighted by Crippen LogP contribution is 2.28. The highest BCUT2D eigenvalue weighted by molar-refractivity contribution is 7.92. The molecule has 1 atom stereocenters. The molecule has 230 valence electrons. The summed E-state index contributed by atoms with van der Waals surface area (Å²) in [6, 6.07) is 28.4. The maximum atomic E-state index is 14.4. The molecule has 0 aliphatic carbocycles. The minimum absolute atomic E-state index is 0.0268. The lowest BCUT2D eigenvalue weighted by molar-refractivity contribution is -0.140. The van der Waals surface area contributed by atoms with Gasteiger partial charge >= 0.3 is 0 Å². The number of nitrogens with zero attached hydrogens (tertiary/aromatic N) is 2. The fourth-order valence-electron chi connectivity index (χ4n) is 4.85. The lowest BCUT2D eigenvalue weighted by Crippen LogP contribution is -2.53. The van der Waals surface area contributed by atoms with Crippen molar-refractivity contribution in [2.75, 3.05) is 24.5 Å². The Balaban J connectivity index is 1.80. The molecule has 1 N–H and O–H groups in total. The number of methoxy groups -OCH3 is 1. The first kappa shape index (κ1) is 32.6. The van der Waals surface area contributed by atoms with Crippen molar-refractivity contribution in [3.8, 4) is 5.75 Å². The number of halogens is 1. The van der Waals surface area contributed by atoms with Gasteiger partial charge in [-0.05, 0) is 73.0 Å². The van der Waals surface area contributed by atoms with E-state index in [4.69, 9.17) is 16.3 Å². The van der Waals surface area contributed by atoms with Gasteiger partial charge in [0.1, 0.15) is 18.3 Å². The van der Waals surface area contributed by atoms with Gasteiger partial charge in [-0.1, -0.05) is 72.3 Å². The van der Waals surface area contributed by atoms with Crippen molar-refractivity contribution in [1.82, 2.24) is 10.2 Å². The molecule has 0 aliphatic heterocycles. The minimum Gasteiger partial charge on any atom is -0.497 e. The molecule has 0 saturated heterocycles. The number of carbonyl (C=O) groups excluding carboxylic acids is 2. The van der Waals surface area contributed by atoms with Crippen molar-refractivity contribution in [3.05, 3.63) is 125 Å². The highest BCUT2D eigenvalue weighted by Gasteiger charge is 2.34. The van der Waals surface area contributed by atoms with Crippen LogP contribution in [0.25, 0.3) is 0 Å². The van der Waals surface area contributed by atoms with Crippen LogP contribution in [0.15, 0.2) is 108 Å². The number of hydrogen-bond donors (Lipinski definition) is 1. The molecule has 4 aromatic carbocycles. The van der Waals surface area contributed by atoms with E-state index in [1.165, 1.54) is 30.2 Å². The molecule has 0 fully saturated rings. The summed E-state index contributed by atoms with van der Waals surface area (Å²) in [4.78, 5) is 29.5. The Hall–Kier alpha value is -4.34. The fraction of sp³-hybridized carbons (Fsp3) is 0.235. The summed E-state index contributed by atoms with van der Waals surface area (Å²) in [6.07, 6.45) is 0.243. The first-order valence-electron chi connectivity index (χ1n) is 14.2. The van der Waals surface area contributed by atoms with Crippen LogP contribution in [0.2, 0.25) is 5.02 Å². The smallest absolute Gasteiger partial charge is 0.264 e. The predicted octanol–water partition coefficient (Wildman–Crippen LogP) is 5.63. The zero-order valence-corrected chi connectivity index (χ0v) is 26.5. The molecule has 4 aromatic rings. The minimum atomic E-state index is -4.25. The van der Waals surface area contributed by atoms with Gasteiger partial charge in [0.05, 0.1) is 17.7 Å². The summed E-state index contributed by atoms with van der Waals surface area (Å²) < 4.78 is 34.4. The van der Waals surface area contributed by atoms with E-state index >= 15 is 0 Å². The third-order valence-electron chi connectivity index (χ3n) is 7.25. The summed E-state index contributed by atoms with van der Waals surface area (Å²) in [5.41, 5.74) is 2.87. The molecule has 0 heterocycles. The number of hydrogen-bond acceptors (Lipinski definition) is 5. The average molecular weight is 634 g/mol. The maximum absolute atomic E-state index is 14.4. The Labute approximate surface area is 264 Å². The number of ether oxygens (including phenoxy) is 1. The molecule has 0 radical (unpaired) electrons. The summed E-state index contributed by atoms with van der Waals surface area (Å²) in [5, 5.41) is 3.18. The van der Waals surface area contributed by atoms with Crippen LogP contribution in [-0.4, -0.2) is 51.4 Å². The van der Waals surface area contributed by atoms with Crippen LogP contribution in [0, 0.1) is 6.92 Å². The summed E-state index contributed by atoms with van der Waals surface area (Å²) in [7, 11) is -2.76. The Kier molecular flexibility index (Phi) is 11.0. The quantitative estimate of drug-likeness (QED) is 0.206. The average Bonchev–Trinajstić information content (AvgIpc) is 3.02. The van der Waals surface area contributed by atoms with Crippen molar-refractivity contribution >= 4 is 39.1 Å². The molecule has 4 rings (SSSR count). The topological polar surface area (TPSA) is 96.0 Å². The molecule has 0 bridgehead atoms. The van der Waals surface area contributed by atoms with Gasteiger partial charge in [0.2, 0.25) is 11.8 Å². The van der Waals surface area contributed by atoms with E-state index in [2.05, 4.69) is 5.32 Å². The standard InChI is InChI=1S/C34H36ClN3O5S/c1-4-36-34(40)32(21-26-12-6-5-7-13-26)37(23-27-14-9-8-11-25(27)2)33(39)24-38(29-16-10-15-28(35)22-29)44(41,42)31-19-17-30(43-3)18-20-31/h5-20,22,32H,4,21,23-24H2,1-3H3,(H,36,40)/t32-/m0/s1. The fourth-order valence-corrected chi connectivity index (χ4v) is 6.44. The lowest BCUT2D eigenvalue weighted by Gasteiger charge is -2.34. The Bertz CT molecular complexity index is 1680. The molecule has 0 saturated carbocycles. The van der Waals surface area contributed by atoms with E-state index in [0.717, 1.165) is 21.0 Å². The van der Waals surface area contributed by atoms with E-state index in [0.29, 0.717) is 17.3 Å². The Morgan fingerprint density at radius 2 is 1.59 bits per heavy atom. The first-order valence-corrected chi connectivity index (χ1v) is 16.0. The van der Waals surface area contributed by atoms with Gasteiger partial charge in [0.25, 0.3) is 10.0 Å². The molecule has 0 spiro atoms. The molecule has 2 amide bonds. The molecular formula is C34H36ClN3O5S. The molecule has 0 aromatic heterocycles. The highest BCUT2D eigenvalue weighted by atomic mass is 35.5. The molecule has 8 nitrogen and oxygen atoms in total. The van der Waals surface area contributed by atoms with Crippen LogP contribution in [0.4, 0.5) is 5.69 Å². The normalized spacial score (nSPS) is 11.8. The second kappa shape index (κ2) is 14.9. The second-order valence-electron chi connectivity index (χ2n) is 10.2. The van der Waals surface area contributed by atoms with Crippen LogP contribution in [0.5, 0.6) is 5.75 Å². The number of likely N-dealkylation sites (N-methyl/N-ethyl adjacent to an activating group) is 1. The number of amides is 2. The van der Waals surface area contributed by atoms with Crippen LogP contribution in [0.3, 0.4) is 0 Å². The molecule has 44 heavy (non-hydrogen) atoms. The molecular weight excluding hydrogens is 598 g/mol. The first-order chi connectivity index (χ1) is 21.1. The number of carbonyl (C=O) groups is 2. The van der Waals surface area contributed by atoms with Crippen LogP contribution in [-0.2, 0) is 32.6 Å². The SMILES string of the molecule is CCNC(=O)[C@H](Cc1ccccc1)N(Cc1ccccc1C)C(=O)CN(c1cccc(Cl)c1)S(=O)(=O)c1ccc(OC)cc1. The van der Waals surface area contributed by atoms with Gasteiger partial charge in [-0.2, -0.15) is 0 Å². The van der Waals surface area contributed by atoms with Crippen molar-refractivity contribution < 1.29 is 22.7 Å². The van der Waals surface area contributed by atoms with Gasteiger partial charge < -0.3 is 15.0 Å². The molecule has 0 aliphatic rings. The monoisotopic (exact) mass is 633 g/mol.